The molecule has 0 fully saturated rings. The highest BCUT2D eigenvalue weighted by molar-refractivity contribution is 6.00. The van der Waals surface area contributed by atoms with Gasteiger partial charge in [-0.05, 0) is 65.1 Å². The molecule has 2 aromatic carbocycles. The third-order valence-corrected chi connectivity index (χ3v) is 4.77. The zero-order valence-electron chi connectivity index (χ0n) is 14.9. The van der Waals surface area contributed by atoms with Crippen molar-refractivity contribution in [2.24, 2.45) is 11.8 Å². The Morgan fingerprint density at radius 2 is 1.56 bits per heavy atom. The summed E-state index contributed by atoms with van der Waals surface area (Å²) in [6.45, 7) is 1.93. The minimum Gasteiger partial charge on any atom is -0.399 e. The normalized spacial score (nSPS) is 20.6. The van der Waals surface area contributed by atoms with E-state index in [1.807, 2.05) is 37.3 Å². The number of anilines is 2. The molecule has 0 heterocycles. The van der Waals surface area contributed by atoms with E-state index in [9.17, 15) is 10.5 Å². The van der Waals surface area contributed by atoms with Gasteiger partial charge < -0.3 is 16.9 Å². The van der Waals surface area contributed by atoms with E-state index < -0.39 is 11.8 Å². The summed E-state index contributed by atoms with van der Waals surface area (Å²) >= 11 is 0. The van der Waals surface area contributed by atoms with Gasteiger partial charge in [0.25, 0.3) is 0 Å². The maximum absolute atomic E-state index is 9.76. The van der Waals surface area contributed by atoms with E-state index in [4.69, 9.17) is 16.9 Å². The average molecular weight is 353 g/mol. The van der Waals surface area contributed by atoms with E-state index in [0.717, 1.165) is 22.3 Å². The van der Waals surface area contributed by atoms with Crippen molar-refractivity contribution >= 4 is 22.7 Å². The topological polar surface area (TPSA) is 123 Å². The fraction of sp³-hybridized carbons (Fsp3) is 0.136. The lowest BCUT2D eigenvalue weighted by Crippen LogP contribution is -2.25. The van der Waals surface area contributed by atoms with Gasteiger partial charge in [0.1, 0.15) is 5.92 Å². The molecule has 0 saturated carbocycles. The molecule has 2 atom stereocenters. The minimum absolute atomic E-state index is 0.151. The summed E-state index contributed by atoms with van der Waals surface area (Å²) in [5.41, 5.74) is 17.6. The number of nitrogens with one attached hydrogen (secondary N) is 1. The maximum Gasteiger partial charge on any atom is 0.108 e. The van der Waals surface area contributed by atoms with Gasteiger partial charge in [0, 0.05) is 11.4 Å². The Kier molecular flexibility index (Phi) is 4.79. The van der Waals surface area contributed by atoms with E-state index >= 15 is 0 Å². The van der Waals surface area contributed by atoms with Crippen molar-refractivity contribution in [3.63, 3.8) is 0 Å². The molecule has 27 heavy (non-hydrogen) atoms. The quantitative estimate of drug-likeness (QED) is 0.710. The molecule has 5 nitrogen and oxygen atoms in total. The van der Waals surface area contributed by atoms with Gasteiger partial charge in [-0.1, -0.05) is 24.3 Å². The highest BCUT2D eigenvalue weighted by Gasteiger charge is 2.32. The fourth-order valence-electron chi connectivity index (χ4n) is 3.25. The Hall–Kier alpha value is -3.83. The maximum atomic E-state index is 9.76. The van der Waals surface area contributed by atoms with Crippen LogP contribution in [0.1, 0.15) is 16.7 Å². The van der Waals surface area contributed by atoms with Gasteiger partial charge in [-0.3, -0.25) is 0 Å². The number of rotatable bonds is 2. The van der Waals surface area contributed by atoms with Crippen LogP contribution in [0.3, 0.4) is 0 Å². The molecule has 132 valence electrons. The molecule has 0 bridgehead atoms. The summed E-state index contributed by atoms with van der Waals surface area (Å²) in [5, 5.41) is 27.2. The fourth-order valence-corrected chi connectivity index (χ4v) is 3.25. The van der Waals surface area contributed by atoms with Crippen LogP contribution in [0.2, 0.25) is 0 Å². The Labute approximate surface area is 158 Å². The van der Waals surface area contributed by atoms with E-state index in [-0.39, 0.29) is 5.71 Å². The van der Waals surface area contributed by atoms with Crippen molar-refractivity contribution in [2.75, 3.05) is 11.5 Å². The van der Waals surface area contributed by atoms with Gasteiger partial charge in [-0.2, -0.15) is 10.5 Å². The smallest absolute Gasteiger partial charge is 0.108 e. The van der Waals surface area contributed by atoms with Crippen molar-refractivity contribution in [2.45, 2.75) is 6.92 Å². The van der Waals surface area contributed by atoms with Crippen LogP contribution in [-0.2, 0) is 0 Å². The van der Waals surface area contributed by atoms with Crippen LogP contribution >= 0.6 is 0 Å². The van der Waals surface area contributed by atoms with Crippen LogP contribution in [0.4, 0.5) is 11.4 Å². The molecule has 2 unspecified atom stereocenters. The number of nitrogens with zero attached hydrogens (tertiary/aromatic N) is 2. The molecule has 0 amide bonds. The SMILES string of the molecule is Cc1cc(C(=C2C=CC(=N)C(C#N)C2C#N)c2ccc(N)cc2)ccc1N. The van der Waals surface area contributed by atoms with Crippen molar-refractivity contribution < 1.29 is 0 Å². The van der Waals surface area contributed by atoms with Crippen molar-refractivity contribution in [3.05, 3.63) is 76.9 Å². The first kappa shape index (κ1) is 18.0. The Balaban J connectivity index is 2.33. The monoisotopic (exact) mass is 353 g/mol. The van der Waals surface area contributed by atoms with E-state index in [1.165, 1.54) is 0 Å². The van der Waals surface area contributed by atoms with Gasteiger partial charge in [0.15, 0.2) is 0 Å². The van der Waals surface area contributed by atoms with Crippen molar-refractivity contribution in [1.29, 1.82) is 15.9 Å². The Morgan fingerprint density at radius 1 is 0.926 bits per heavy atom. The molecule has 5 N–H and O–H groups in total. The Morgan fingerprint density at radius 3 is 2.15 bits per heavy atom. The van der Waals surface area contributed by atoms with E-state index in [1.54, 1.807) is 24.3 Å². The van der Waals surface area contributed by atoms with Crippen molar-refractivity contribution in [3.8, 4) is 12.1 Å². The summed E-state index contributed by atoms with van der Waals surface area (Å²) in [7, 11) is 0. The summed E-state index contributed by atoms with van der Waals surface area (Å²) in [5.74, 6) is -1.52. The van der Waals surface area contributed by atoms with Gasteiger partial charge in [-0.25, -0.2) is 0 Å². The second kappa shape index (κ2) is 7.19. The number of nitrogen functional groups attached to an aromatic ring is 2. The number of hydrogen-bond acceptors (Lipinski definition) is 5. The third kappa shape index (κ3) is 3.31. The summed E-state index contributed by atoms with van der Waals surface area (Å²) < 4.78 is 0. The molecule has 1 aliphatic rings. The minimum atomic E-state index is -0.798. The molecule has 0 aliphatic heterocycles. The van der Waals surface area contributed by atoms with Gasteiger partial charge in [0.2, 0.25) is 0 Å². The van der Waals surface area contributed by atoms with Crippen LogP contribution in [0.25, 0.3) is 5.57 Å². The number of allylic oxidation sites excluding steroid dienone is 3. The first-order valence-corrected chi connectivity index (χ1v) is 8.48. The summed E-state index contributed by atoms with van der Waals surface area (Å²) in [6, 6.07) is 17.4. The molecular weight excluding hydrogens is 334 g/mol. The van der Waals surface area contributed by atoms with Gasteiger partial charge in [-0.15, -0.1) is 0 Å². The van der Waals surface area contributed by atoms with Crippen LogP contribution in [0, 0.1) is 46.8 Å². The number of aryl methyl sites for hydroxylation is 1. The summed E-state index contributed by atoms with van der Waals surface area (Å²) in [4.78, 5) is 0. The van der Waals surface area contributed by atoms with Crippen LogP contribution < -0.4 is 11.5 Å². The van der Waals surface area contributed by atoms with Crippen LogP contribution in [0.15, 0.2) is 60.2 Å². The largest absolute Gasteiger partial charge is 0.399 e. The molecule has 0 saturated heterocycles. The molecule has 2 aromatic rings. The molecule has 3 rings (SSSR count). The average Bonchev–Trinajstić information content (AvgIpc) is 2.67. The van der Waals surface area contributed by atoms with Crippen molar-refractivity contribution in [1.82, 2.24) is 0 Å². The van der Waals surface area contributed by atoms with Crippen LogP contribution in [-0.4, -0.2) is 5.71 Å². The second-order valence-corrected chi connectivity index (χ2v) is 6.53. The van der Waals surface area contributed by atoms with E-state index in [2.05, 4.69) is 12.1 Å². The van der Waals surface area contributed by atoms with E-state index in [0.29, 0.717) is 16.9 Å². The molecule has 1 aliphatic carbocycles. The first-order chi connectivity index (χ1) is 13.0. The van der Waals surface area contributed by atoms with Gasteiger partial charge in [0.05, 0.1) is 23.8 Å². The number of benzene rings is 2. The molecule has 0 aromatic heterocycles. The van der Waals surface area contributed by atoms with Gasteiger partial charge >= 0.3 is 0 Å². The lowest BCUT2D eigenvalue weighted by atomic mass is 9.76. The lowest BCUT2D eigenvalue weighted by Gasteiger charge is -2.25. The third-order valence-electron chi connectivity index (χ3n) is 4.77. The second-order valence-electron chi connectivity index (χ2n) is 6.53. The predicted octanol–water partition coefficient (Wildman–Crippen LogP) is 3.83. The zero-order chi connectivity index (χ0) is 19.6. The molecular formula is C22H19N5. The molecule has 0 radical (unpaired) electrons. The first-order valence-electron chi connectivity index (χ1n) is 8.48. The summed E-state index contributed by atoms with van der Waals surface area (Å²) in [6.07, 6.45) is 3.36. The number of hydrogen-bond donors (Lipinski definition) is 3. The number of nitrogens with two attached hydrogens (primary N) is 2. The molecule has 5 heteroatoms. The number of nitriles is 2. The Bertz CT molecular complexity index is 1050. The van der Waals surface area contributed by atoms with Crippen LogP contribution in [0.5, 0.6) is 0 Å². The standard InChI is InChI=1S/C22H19N5/c1-13-10-15(4-8-20(13)26)22(14-2-5-16(25)6-3-14)17-7-9-21(27)19(12-24)18(17)11-23/h2-10,18-19,27H,25-26H2,1H3. The highest BCUT2D eigenvalue weighted by Crippen LogP contribution is 2.37. The lowest BCUT2D eigenvalue weighted by molar-refractivity contribution is 0.702. The molecule has 0 spiro atoms. The highest BCUT2D eigenvalue weighted by atomic mass is 14.6. The predicted molar refractivity (Wildman–Crippen MR) is 108 cm³/mol. The zero-order valence-corrected chi connectivity index (χ0v) is 14.9.